The van der Waals surface area contributed by atoms with Crippen LogP contribution in [-0.4, -0.2) is 21.6 Å². The van der Waals surface area contributed by atoms with E-state index in [4.69, 9.17) is 0 Å². The molecule has 1 fully saturated rings. The molecular formula is C30H32N4O. The maximum atomic E-state index is 13.3. The molecule has 5 rings (SSSR count). The van der Waals surface area contributed by atoms with Gasteiger partial charge in [-0.25, -0.2) is 9.78 Å². The Morgan fingerprint density at radius 2 is 1.66 bits per heavy atom. The van der Waals surface area contributed by atoms with Crippen molar-refractivity contribution >= 4 is 11.7 Å². The van der Waals surface area contributed by atoms with Crippen LogP contribution in [-0.2, 0) is 17.4 Å². The highest BCUT2D eigenvalue weighted by Crippen LogP contribution is 2.53. The molecule has 1 heterocycles. The fourth-order valence-corrected chi connectivity index (χ4v) is 5.07. The number of urea groups is 1. The highest BCUT2D eigenvalue weighted by molar-refractivity contribution is 5.91. The quantitative estimate of drug-likeness (QED) is 0.362. The molecule has 4 aromatic rings. The highest BCUT2D eigenvalue weighted by Gasteiger charge is 2.57. The van der Waals surface area contributed by atoms with Gasteiger partial charge in [-0.3, -0.25) is 0 Å². The summed E-state index contributed by atoms with van der Waals surface area (Å²) < 4.78 is 2.02. The van der Waals surface area contributed by atoms with E-state index < -0.39 is 0 Å². The smallest absolute Gasteiger partial charge is 0.319 e. The average molecular weight is 465 g/mol. The molecule has 0 saturated heterocycles. The topological polar surface area (TPSA) is 59.0 Å². The maximum Gasteiger partial charge on any atom is 0.319 e. The van der Waals surface area contributed by atoms with Crippen molar-refractivity contribution in [3.8, 4) is 0 Å². The van der Waals surface area contributed by atoms with Gasteiger partial charge < -0.3 is 15.2 Å². The van der Waals surface area contributed by atoms with Gasteiger partial charge in [-0.15, -0.1) is 0 Å². The van der Waals surface area contributed by atoms with Crippen LogP contribution in [0.4, 0.5) is 10.5 Å². The first-order valence-corrected chi connectivity index (χ1v) is 12.1. The lowest BCUT2D eigenvalue weighted by Gasteiger charge is -2.24. The Labute approximate surface area is 207 Å². The third-order valence-corrected chi connectivity index (χ3v) is 6.91. The van der Waals surface area contributed by atoms with Crippen molar-refractivity contribution < 1.29 is 4.79 Å². The van der Waals surface area contributed by atoms with Gasteiger partial charge in [0, 0.05) is 36.1 Å². The van der Waals surface area contributed by atoms with Crippen molar-refractivity contribution in [2.45, 2.75) is 50.6 Å². The minimum Gasteiger partial charge on any atom is -0.334 e. The summed E-state index contributed by atoms with van der Waals surface area (Å²) in [6.45, 7) is 7.20. The highest BCUT2D eigenvalue weighted by atomic mass is 16.2. The second-order valence-corrected chi connectivity index (χ2v) is 10.4. The zero-order valence-corrected chi connectivity index (χ0v) is 20.5. The predicted octanol–water partition coefficient (Wildman–Crippen LogP) is 6.11. The third-order valence-electron chi connectivity index (χ3n) is 6.91. The summed E-state index contributed by atoms with van der Waals surface area (Å²) in [5, 5.41) is 6.44. The summed E-state index contributed by atoms with van der Waals surface area (Å²) in [4.78, 5) is 17.4. The lowest BCUT2D eigenvalue weighted by molar-refractivity contribution is 0.251. The number of imidazole rings is 1. The molecule has 0 bridgehead atoms. The molecule has 1 saturated carbocycles. The average Bonchev–Trinajstić information content (AvgIpc) is 3.32. The number of hydrogen-bond acceptors (Lipinski definition) is 2. The Bertz CT molecular complexity index is 1250. The van der Waals surface area contributed by atoms with Crippen LogP contribution in [0.15, 0.2) is 97.6 Å². The molecule has 1 unspecified atom stereocenters. The molecule has 35 heavy (non-hydrogen) atoms. The molecule has 0 aliphatic heterocycles. The Kier molecular flexibility index (Phi) is 5.93. The molecule has 5 heteroatoms. The summed E-state index contributed by atoms with van der Waals surface area (Å²) in [6.07, 6.45) is 6.40. The van der Waals surface area contributed by atoms with E-state index in [1.165, 1.54) is 11.1 Å². The summed E-state index contributed by atoms with van der Waals surface area (Å²) in [7, 11) is 0. The van der Waals surface area contributed by atoms with E-state index >= 15 is 0 Å². The van der Waals surface area contributed by atoms with Gasteiger partial charge in [0.25, 0.3) is 0 Å². The molecule has 1 aliphatic rings. The lowest BCUT2D eigenvalue weighted by atomic mass is 9.85. The predicted molar refractivity (Wildman–Crippen MR) is 141 cm³/mol. The van der Waals surface area contributed by atoms with Crippen LogP contribution in [0.25, 0.3) is 0 Å². The molecule has 1 aromatic heterocycles. The van der Waals surface area contributed by atoms with Gasteiger partial charge in [0.2, 0.25) is 0 Å². The van der Waals surface area contributed by atoms with Gasteiger partial charge in [0.05, 0.1) is 6.33 Å². The van der Waals surface area contributed by atoms with Crippen LogP contribution in [0, 0.1) is 0 Å². The molecule has 5 nitrogen and oxygen atoms in total. The molecule has 0 spiro atoms. The number of carbonyl (C=O) groups excluding carboxylic acids is 1. The van der Waals surface area contributed by atoms with Crippen molar-refractivity contribution in [1.29, 1.82) is 0 Å². The number of aromatic nitrogens is 2. The van der Waals surface area contributed by atoms with Crippen LogP contribution < -0.4 is 10.6 Å². The zero-order chi connectivity index (χ0) is 24.5. The number of rotatable bonds is 6. The van der Waals surface area contributed by atoms with Crippen molar-refractivity contribution in [2.24, 2.45) is 0 Å². The standard InChI is InChI=1S/C30H32N4O/c1-29(2,3)25-15-14-22(20-34-17-16-31-21-34)18-26(25)32-28(35)33-27-19-30(27,23-10-6-4-7-11-23)24-12-8-5-9-13-24/h4-18,21,27H,19-20H2,1-3H3,(H2,32,33,35). The molecule has 3 aromatic carbocycles. The van der Waals surface area contributed by atoms with E-state index in [1.54, 1.807) is 12.5 Å². The van der Waals surface area contributed by atoms with Gasteiger partial charge in [-0.1, -0.05) is 93.6 Å². The van der Waals surface area contributed by atoms with Gasteiger partial charge >= 0.3 is 6.03 Å². The van der Waals surface area contributed by atoms with Crippen molar-refractivity contribution in [3.05, 3.63) is 120 Å². The summed E-state index contributed by atoms with van der Waals surface area (Å²) in [6, 6.07) is 27.1. The van der Waals surface area contributed by atoms with Crippen LogP contribution in [0.5, 0.6) is 0 Å². The molecule has 2 N–H and O–H groups in total. The molecule has 0 radical (unpaired) electrons. The second-order valence-electron chi connectivity index (χ2n) is 10.4. The first-order chi connectivity index (χ1) is 16.9. The normalized spacial score (nSPS) is 16.5. The molecule has 2 amide bonds. The fourth-order valence-electron chi connectivity index (χ4n) is 5.07. The number of hydrogen-bond donors (Lipinski definition) is 2. The summed E-state index contributed by atoms with van der Waals surface area (Å²) in [5.74, 6) is 0. The van der Waals surface area contributed by atoms with E-state index in [1.807, 2.05) is 22.9 Å². The van der Waals surface area contributed by atoms with E-state index in [0.29, 0.717) is 6.54 Å². The van der Waals surface area contributed by atoms with Crippen molar-refractivity contribution in [3.63, 3.8) is 0 Å². The largest absolute Gasteiger partial charge is 0.334 e. The van der Waals surface area contributed by atoms with E-state index in [0.717, 1.165) is 23.2 Å². The Hall–Kier alpha value is -3.86. The van der Waals surface area contributed by atoms with Crippen molar-refractivity contribution in [1.82, 2.24) is 14.9 Å². The Morgan fingerprint density at radius 1 is 1.00 bits per heavy atom. The van der Waals surface area contributed by atoms with Crippen molar-refractivity contribution in [2.75, 3.05) is 5.32 Å². The molecule has 178 valence electrons. The van der Waals surface area contributed by atoms with Gasteiger partial charge in [-0.05, 0) is 40.2 Å². The number of nitrogens with zero attached hydrogens (tertiary/aromatic N) is 2. The SMILES string of the molecule is CC(C)(C)c1ccc(Cn2ccnc2)cc1NC(=O)NC1CC1(c1ccccc1)c1ccccc1. The van der Waals surface area contributed by atoms with Gasteiger partial charge in [0.1, 0.15) is 0 Å². The van der Waals surface area contributed by atoms with Gasteiger partial charge in [-0.2, -0.15) is 0 Å². The first kappa shape index (κ1) is 22.9. The van der Waals surface area contributed by atoms with E-state index in [2.05, 4.69) is 103 Å². The minimum atomic E-state index is -0.198. The van der Waals surface area contributed by atoms with Crippen LogP contribution >= 0.6 is 0 Å². The van der Waals surface area contributed by atoms with Crippen LogP contribution in [0.1, 0.15) is 49.4 Å². The lowest BCUT2D eigenvalue weighted by Crippen LogP contribution is -2.35. The molecular weight excluding hydrogens is 432 g/mol. The maximum absolute atomic E-state index is 13.3. The third kappa shape index (κ3) is 4.72. The summed E-state index contributed by atoms with van der Waals surface area (Å²) >= 11 is 0. The van der Waals surface area contributed by atoms with E-state index in [-0.39, 0.29) is 22.9 Å². The zero-order valence-electron chi connectivity index (χ0n) is 20.5. The Morgan fingerprint density at radius 3 is 2.23 bits per heavy atom. The minimum absolute atomic E-state index is 0.0273. The fraction of sp³-hybridized carbons (Fsp3) is 0.267. The number of nitrogens with one attached hydrogen (secondary N) is 2. The molecule has 1 aliphatic carbocycles. The summed E-state index contributed by atoms with van der Waals surface area (Å²) in [5.41, 5.74) is 5.22. The number of amides is 2. The first-order valence-electron chi connectivity index (χ1n) is 12.1. The van der Waals surface area contributed by atoms with Crippen LogP contribution in [0.3, 0.4) is 0 Å². The van der Waals surface area contributed by atoms with E-state index in [9.17, 15) is 4.79 Å². The number of anilines is 1. The van der Waals surface area contributed by atoms with Gasteiger partial charge in [0.15, 0.2) is 0 Å². The second kappa shape index (κ2) is 9.06. The number of benzene rings is 3. The number of carbonyl (C=O) groups is 1. The Balaban J connectivity index is 1.38. The molecule has 1 atom stereocenters. The van der Waals surface area contributed by atoms with Crippen LogP contribution in [0.2, 0.25) is 0 Å². The monoisotopic (exact) mass is 464 g/mol.